The fourth-order valence-corrected chi connectivity index (χ4v) is 2.21. The highest BCUT2D eigenvalue weighted by Gasteiger charge is 2.32. The summed E-state index contributed by atoms with van der Waals surface area (Å²) in [4.78, 5) is 10.3. The van der Waals surface area contributed by atoms with E-state index in [1.165, 1.54) is 11.1 Å². The van der Waals surface area contributed by atoms with Gasteiger partial charge in [-0.25, -0.2) is 0 Å². The maximum Gasteiger partial charge on any atom is 0.0847 e. The van der Waals surface area contributed by atoms with Crippen LogP contribution in [-0.4, -0.2) is 51.3 Å². The minimum absolute atomic E-state index is 0.595. The van der Waals surface area contributed by atoms with Gasteiger partial charge in [-0.2, -0.15) is 0 Å². The summed E-state index contributed by atoms with van der Waals surface area (Å²) in [6.07, 6.45) is 3.65. The van der Waals surface area contributed by atoms with E-state index in [-0.39, 0.29) is 0 Å². The molecular formula is C14H20N4. The topological polar surface area (TPSA) is 40.0 Å². The molecule has 0 aromatic heterocycles. The Labute approximate surface area is 108 Å². The van der Waals surface area contributed by atoms with Gasteiger partial charge in [-0.05, 0) is 11.1 Å². The van der Waals surface area contributed by atoms with Gasteiger partial charge in [0.25, 0.3) is 0 Å². The van der Waals surface area contributed by atoms with Crippen LogP contribution in [0.5, 0.6) is 0 Å². The second-order valence-electron chi connectivity index (χ2n) is 4.39. The molecule has 1 aliphatic rings. The minimum Gasteiger partial charge on any atom is -0.375 e. The van der Waals surface area contributed by atoms with Crippen molar-refractivity contribution in [3.63, 3.8) is 0 Å². The normalized spacial score (nSPS) is 14.1. The first-order chi connectivity index (χ1) is 8.86. The zero-order valence-electron chi connectivity index (χ0n) is 11.0. The van der Waals surface area contributed by atoms with Gasteiger partial charge >= 0.3 is 0 Å². The third-order valence-corrected chi connectivity index (χ3v) is 3.12. The lowest BCUT2D eigenvalue weighted by Crippen LogP contribution is -2.32. The van der Waals surface area contributed by atoms with Crippen molar-refractivity contribution < 1.29 is 0 Å². The summed E-state index contributed by atoms with van der Waals surface area (Å²) < 4.78 is 0. The van der Waals surface area contributed by atoms with Crippen LogP contribution in [0, 0.1) is 0 Å². The van der Waals surface area contributed by atoms with Gasteiger partial charge in [0.2, 0.25) is 0 Å². The largest absolute Gasteiger partial charge is 0.375 e. The Balaban J connectivity index is 1.81. The van der Waals surface area contributed by atoms with Crippen molar-refractivity contribution >= 4 is 12.7 Å². The Kier molecular flexibility index (Phi) is 4.34. The fourth-order valence-electron chi connectivity index (χ4n) is 2.21. The van der Waals surface area contributed by atoms with Gasteiger partial charge in [-0.15, -0.1) is 0 Å². The zero-order chi connectivity index (χ0) is 12.8. The standard InChI is InChI=1S/C14H20N4/c1-15-10-17-7-8-18(11-16-2)9-14-12-5-3-4-6-13(12)14/h3-6,10-11,14H,7-9H2,1-2H3,(H,15,17). The van der Waals surface area contributed by atoms with Gasteiger partial charge in [0.15, 0.2) is 0 Å². The highest BCUT2D eigenvalue weighted by molar-refractivity contribution is 5.58. The van der Waals surface area contributed by atoms with Crippen molar-refractivity contribution in [2.75, 3.05) is 33.7 Å². The Morgan fingerprint density at radius 2 is 1.94 bits per heavy atom. The number of nitrogens with zero attached hydrogens (tertiary/aromatic N) is 3. The smallest absolute Gasteiger partial charge is 0.0847 e. The Morgan fingerprint density at radius 1 is 1.22 bits per heavy atom. The summed E-state index contributed by atoms with van der Waals surface area (Å²) in [5, 5.41) is 3.14. The van der Waals surface area contributed by atoms with Crippen LogP contribution >= 0.6 is 0 Å². The molecule has 0 fully saturated rings. The van der Waals surface area contributed by atoms with Gasteiger partial charge in [0.1, 0.15) is 0 Å². The van der Waals surface area contributed by atoms with Gasteiger partial charge < -0.3 is 10.2 Å². The Bertz CT molecular complexity index is 416. The van der Waals surface area contributed by atoms with Gasteiger partial charge in [-0.3, -0.25) is 9.98 Å². The van der Waals surface area contributed by atoms with Gasteiger partial charge in [0, 0.05) is 39.6 Å². The monoisotopic (exact) mass is 244 g/mol. The second-order valence-corrected chi connectivity index (χ2v) is 4.39. The molecule has 4 nitrogen and oxygen atoms in total. The molecule has 96 valence electrons. The number of benzene rings is 1. The molecule has 18 heavy (non-hydrogen) atoms. The van der Waals surface area contributed by atoms with E-state index in [0.29, 0.717) is 5.92 Å². The van der Waals surface area contributed by atoms with E-state index in [2.05, 4.69) is 44.5 Å². The summed E-state index contributed by atoms with van der Waals surface area (Å²) in [7, 11) is 3.58. The molecule has 0 heterocycles. The second kappa shape index (κ2) is 6.19. The lowest BCUT2D eigenvalue weighted by Gasteiger charge is -2.19. The molecule has 0 radical (unpaired) electrons. The van der Waals surface area contributed by atoms with E-state index in [1.54, 1.807) is 13.4 Å². The summed E-state index contributed by atoms with van der Waals surface area (Å²) in [6, 6.07) is 8.64. The van der Waals surface area contributed by atoms with Crippen LogP contribution in [-0.2, 0) is 0 Å². The zero-order valence-corrected chi connectivity index (χ0v) is 11.0. The van der Waals surface area contributed by atoms with Crippen molar-refractivity contribution in [1.82, 2.24) is 10.2 Å². The summed E-state index contributed by atoms with van der Waals surface area (Å²) >= 11 is 0. The highest BCUT2D eigenvalue weighted by atomic mass is 15.2. The summed E-state index contributed by atoms with van der Waals surface area (Å²) in [5.74, 6) is 0.595. The average molecular weight is 244 g/mol. The van der Waals surface area contributed by atoms with Gasteiger partial charge in [0.05, 0.1) is 12.7 Å². The number of fused-ring (bicyclic) bond motifs is 1. The molecule has 0 bridgehead atoms. The van der Waals surface area contributed by atoms with Crippen LogP contribution in [0.15, 0.2) is 34.3 Å². The van der Waals surface area contributed by atoms with Crippen LogP contribution in [0.3, 0.4) is 0 Å². The molecule has 2 rings (SSSR count). The van der Waals surface area contributed by atoms with Crippen LogP contribution in [0.25, 0.3) is 0 Å². The number of hydrogen-bond acceptors (Lipinski definition) is 2. The van der Waals surface area contributed by atoms with Crippen molar-refractivity contribution in [3.8, 4) is 0 Å². The maximum absolute atomic E-state index is 4.12. The van der Waals surface area contributed by atoms with Crippen LogP contribution in [0.4, 0.5) is 0 Å². The molecule has 0 spiro atoms. The average Bonchev–Trinajstić information content (AvgIpc) is 3.08. The molecule has 1 aliphatic carbocycles. The summed E-state index contributed by atoms with van der Waals surface area (Å²) in [6.45, 7) is 2.84. The molecule has 0 saturated carbocycles. The van der Waals surface area contributed by atoms with E-state index in [1.807, 2.05) is 13.4 Å². The third-order valence-electron chi connectivity index (χ3n) is 3.12. The number of rotatable bonds is 7. The predicted molar refractivity (Wildman–Crippen MR) is 76.7 cm³/mol. The molecule has 0 saturated heterocycles. The first kappa shape index (κ1) is 12.6. The third kappa shape index (κ3) is 3.09. The van der Waals surface area contributed by atoms with E-state index in [4.69, 9.17) is 0 Å². The number of aliphatic imine (C=N–C) groups is 2. The van der Waals surface area contributed by atoms with E-state index < -0.39 is 0 Å². The van der Waals surface area contributed by atoms with Crippen molar-refractivity contribution in [2.24, 2.45) is 9.98 Å². The molecule has 1 aromatic carbocycles. The molecule has 0 amide bonds. The minimum atomic E-state index is 0.595. The fraction of sp³-hybridized carbons (Fsp3) is 0.429. The van der Waals surface area contributed by atoms with Crippen LogP contribution in [0.2, 0.25) is 0 Å². The number of nitrogens with one attached hydrogen (secondary N) is 1. The molecule has 4 heteroatoms. The molecule has 0 atom stereocenters. The van der Waals surface area contributed by atoms with Gasteiger partial charge in [-0.1, -0.05) is 24.3 Å². The lowest BCUT2D eigenvalue weighted by atomic mass is 10.3. The summed E-state index contributed by atoms with van der Waals surface area (Å²) in [5.41, 5.74) is 2.96. The maximum atomic E-state index is 4.12. The van der Waals surface area contributed by atoms with E-state index in [0.717, 1.165) is 19.6 Å². The highest BCUT2D eigenvalue weighted by Crippen LogP contribution is 2.42. The molecular weight excluding hydrogens is 224 g/mol. The molecule has 0 aliphatic heterocycles. The van der Waals surface area contributed by atoms with E-state index in [9.17, 15) is 0 Å². The van der Waals surface area contributed by atoms with E-state index >= 15 is 0 Å². The SMILES string of the molecule is CN=CNCCN(C=NC)CC1c2ccccc21. The first-order valence-corrected chi connectivity index (χ1v) is 6.26. The predicted octanol–water partition coefficient (Wildman–Crippen LogP) is 1.34. The molecule has 1 aromatic rings. The van der Waals surface area contributed by atoms with Crippen molar-refractivity contribution in [2.45, 2.75) is 5.92 Å². The van der Waals surface area contributed by atoms with Crippen molar-refractivity contribution in [1.29, 1.82) is 0 Å². The quantitative estimate of drug-likeness (QED) is 0.447. The number of hydrogen-bond donors (Lipinski definition) is 1. The molecule has 0 unspecified atom stereocenters. The first-order valence-electron chi connectivity index (χ1n) is 6.26. The van der Waals surface area contributed by atoms with Crippen molar-refractivity contribution in [3.05, 3.63) is 35.4 Å². The Morgan fingerprint density at radius 3 is 2.56 bits per heavy atom. The van der Waals surface area contributed by atoms with Crippen LogP contribution in [0.1, 0.15) is 17.0 Å². The molecule has 1 N–H and O–H groups in total. The van der Waals surface area contributed by atoms with Crippen LogP contribution < -0.4 is 5.32 Å². The lowest BCUT2D eigenvalue weighted by molar-refractivity contribution is 0.433. The Hall–Kier alpha value is -1.84.